The Morgan fingerprint density at radius 2 is 1.88 bits per heavy atom. The molecule has 0 spiro atoms. The van der Waals surface area contributed by atoms with Crippen LogP contribution in [0.1, 0.15) is 16.7 Å². The molecule has 0 aromatic heterocycles. The quantitative estimate of drug-likeness (QED) is 0.464. The fraction of sp³-hybridized carbons (Fsp3) is 0.143. The number of hydrogen-bond acceptors (Lipinski definition) is 2. The molecule has 5 heteroatoms. The summed E-state index contributed by atoms with van der Waals surface area (Å²) in [5, 5.41) is 4.10. The predicted molar refractivity (Wildman–Crippen MR) is 108 cm³/mol. The molecule has 0 radical (unpaired) electrons. The van der Waals surface area contributed by atoms with Crippen LogP contribution in [-0.4, -0.2) is 0 Å². The van der Waals surface area contributed by atoms with Crippen molar-refractivity contribution in [3.8, 4) is 5.75 Å². The van der Waals surface area contributed by atoms with Gasteiger partial charge in [-0.05, 0) is 75.9 Å². The lowest BCUT2D eigenvalue weighted by Gasteiger charge is -2.12. The van der Waals surface area contributed by atoms with Crippen molar-refractivity contribution in [2.24, 2.45) is 0 Å². The zero-order chi connectivity index (χ0) is 18.5. The van der Waals surface area contributed by atoms with E-state index in [0.717, 1.165) is 32.6 Å². The van der Waals surface area contributed by atoms with E-state index >= 15 is 0 Å². The average Bonchev–Trinajstić information content (AvgIpc) is 2.62. The van der Waals surface area contributed by atoms with E-state index in [1.807, 2.05) is 49.4 Å². The number of ether oxygens (including phenoxy) is 1. The van der Waals surface area contributed by atoms with Gasteiger partial charge in [0.1, 0.15) is 18.2 Å². The van der Waals surface area contributed by atoms with Gasteiger partial charge in [-0.2, -0.15) is 0 Å². The summed E-state index contributed by atoms with van der Waals surface area (Å²) in [5.74, 6) is 0.458. The molecule has 0 heterocycles. The Morgan fingerprint density at radius 3 is 2.65 bits per heavy atom. The molecule has 134 valence electrons. The third-order valence-corrected chi connectivity index (χ3v) is 4.82. The van der Waals surface area contributed by atoms with Gasteiger partial charge in [0.15, 0.2) is 0 Å². The van der Waals surface area contributed by atoms with Crippen LogP contribution < -0.4 is 10.1 Å². The maximum Gasteiger partial charge on any atom is 0.134 e. The van der Waals surface area contributed by atoms with Gasteiger partial charge in [-0.1, -0.05) is 35.9 Å². The summed E-state index contributed by atoms with van der Waals surface area (Å²) in [7, 11) is 0. The van der Waals surface area contributed by atoms with Crippen molar-refractivity contribution >= 4 is 33.2 Å². The lowest BCUT2D eigenvalue weighted by molar-refractivity contribution is 0.303. The van der Waals surface area contributed by atoms with Crippen molar-refractivity contribution < 1.29 is 9.13 Å². The zero-order valence-electron chi connectivity index (χ0n) is 14.2. The first-order valence-corrected chi connectivity index (χ1v) is 9.34. The monoisotopic (exact) mass is 433 g/mol. The largest absolute Gasteiger partial charge is 0.488 e. The van der Waals surface area contributed by atoms with Crippen LogP contribution in [0.25, 0.3) is 0 Å². The molecule has 1 N–H and O–H groups in total. The number of nitrogens with one attached hydrogen (secondary N) is 1. The van der Waals surface area contributed by atoms with Crippen LogP contribution in [0.2, 0.25) is 5.02 Å². The van der Waals surface area contributed by atoms with E-state index in [1.165, 1.54) is 12.1 Å². The van der Waals surface area contributed by atoms with Crippen LogP contribution in [0.5, 0.6) is 5.75 Å². The minimum absolute atomic E-state index is 0.261. The SMILES string of the molecule is Cc1ccc(Cl)cc1NCc1ccc(OCc2cccc(F)c2)c(Br)c1. The molecule has 0 amide bonds. The van der Waals surface area contributed by atoms with Crippen molar-refractivity contribution in [1.29, 1.82) is 0 Å². The van der Waals surface area contributed by atoms with Crippen LogP contribution in [0, 0.1) is 12.7 Å². The third kappa shape index (κ3) is 4.99. The molecule has 0 fully saturated rings. The molecule has 2 nitrogen and oxygen atoms in total. The van der Waals surface area contributed by atoms with Gasteiger partial charge in [-0.3, -0.25) is 0 Å². The normalized spacial score (nSPS) is 10.6. The van der Waals surface area contributed by atoms with E-state index in [1.54, 1.807) is 6.07 Å². The number of benzene rings is 3. The number of aryl methyl sites for hydroxylation is 1. The minimum atomic E-state index is -0.261. The van der Waals surface area contributed by atoms with E-state index in [4.69, 9.17) is 16.3 Å². The molecule has 0 aliphatic rings. The first-order valence-electron chi connectivity index (χ1n) is 8.17. The van der Waals surface area contributed by atoms with Crippen LogP contribution in [0.3, 0.4) is 0 Å². The number of hydrogen-bond donors (Lipinski definition) is 1. The van der Waals surface area contributed by atoms with E-state index in [9.17, 15) is 4.39 Å². The first-order chi connectivity index (χ1) is 12.5. The molecular formula is C21H18BrClFNO. The Labute approximate surface area is 166 Å². The first kappa shape index (κ1) is 18.7. The third-order valence-electron chi connectivity index (χ3n) is 3.96. The standard InChI is InChI=1S/C21H18BrClFNO/c1-14-5-7-17(23)11-20(14)25-12-15-6-8-21(19(22)10-15)26-13-16-3-2-4-18(24)9-16/h2-11,25H,12-13H2,1H3. The summed E-state index contributed by atoms with van der Waals surface area (Å²) in [6, 6.07) is 18.1. The Balaban J connectivity index is 1.62. The van der Waals surface area contributed by atoms with Crippen molar-refractivity contribution in [3.05, 3.63) is 92.7 Å². The van der Waals surface area contributed by atoms with Gasteiger partial charge < -0.3 is 10.1 Å². The molecule has 0 aliphatic carbocycles. The van der Waals surface area contributed by atoms with Gasteiger partial charge in [0.05, 0.1) is 4.47 Å². The smallest absolute Gasteiger partial charge is 0.134 e. The number of halogens is 3. The summed E-state index contributed by atoms with van der Waals surface area (Å²) in [6.07, 6.45) is 0. The topological polar surface area (TPSA) is 21.3 Å². The summed E-state index contributed by atoms with van der Waals surface area (Å²) in [6.45, 7) is 3.03. The molecular weight excluding hydrogens is 417 g/mol. The lowest BCUT2D eigenvalue weighted by Crippen LogP contribution is -2.02. The van der Waals surface area contributed by atoms with E-state index in [2.05, 4.69) is 21.2 Å². The highest BCUT2D eigenvalue weighted by atomic mass is 79.9. The van der Waals surface area contributed by atoms with Gasteiger partial charge in [0.2, 0.25) is 0 Å². The van der Waals surface area contributed by atoms with Gasteiger partial charge in [0.25, 0.3) is 0 Å². The Kier molecular flexibility index (Phi) is 6.17. The average molecular weight is 435 g/mol. The van der Waals surface area contributed by atoms with Crippen LogP contribution in [0.15, 0.2) is 65.1 Å². The van der Waals surface area contributed by atoms with E-state index in [0.29, 0.717) is 18.2 Å². The lowest BCUT2D eigenvalue weighted by atomic mass is 10.1. The fourth-order valence-electron chi connectivity index (χ4n) is 2.54. The maximum absolute atomic E-state index is 13.2. The second-order valence-electron chi connectivity index (χ2n) is 6.00. The maximum atomic E-state index is 13.2. The molecule has 3 rings (SSSR count). The van der Waals surface area contributed by atoms with Gasteiger partial charge in [0, 0.05) is 17.3 Å². The molecule has 3 aromatic rings. The van der Waals surface area contributed by atoms with E-state index < -0.39 is 0 Å². The summed E-state index contributed by atoms with van der Waals surface area (Å²) in [5.41, 5.74) is 4.05. The predicted octanol–water partition coefficient (Wildman–Crippen LogP) is 6.74. The molecule has 26 heavy (non-hydrogen) atoms. The highest BCUT2D eigenvalue weighted by Crippen LogP contribution is 2.28. The van der Waals surface area contributed by atoms with Crippen LogP contribution in [0.4, 0.5) is 10.1 Å². The van der Waals surface area contributed by atoms with Crippen molar-refractivity contribution in [3.63, 3.8) is 0 Å². The second kappa shape index (κ2) is 8.56. The molecule has 0 aliphatic heterocycles. The summed E-state index contributed by atoms with van der Waals surface area (Å²) >= 11 is 9.59. The Bertz CT molecular complexity index is 916. The minimum Gasteiger partial charge on any atom is -0.488 e. The van der Waals surface area contributed by atoms with Crippen molar-refractivity contribution in [1.82, 2.24) is 0 Å². The molecule has 0 unspecified atom stereocenters. The Morgan fingerprint density at radius 1 is 1.04 bits per heavy atom. The van der Waals surface area contributed by atoms with E-state index in [-0.39, 0.29) is 5.82 Å². The molecule has 0 atom stereocenters. The highest BCUT2D eigenvalue weighted by Gasteiger charge is 2.05. The molecule has 0 saturated carbocycles. The van der Waals surface area contributed by atoms with Gasteiger partial charge in [-0.15, -0.1) is 0 Å². The molecule has 0 bridgehead atoms. The molecule has 3 aromatic carbocycles. The summed E-state index contributed by atoms with van der Waals surface area (Å²) < 4.78 is 19.9. The van der Waals surface area contributed by atoms with Crippen molar-refractivity contribution in [2.75, 3.05) is 5.32 Å². The second-order valence-corrected chi connectivity index (χ2v) is 7.29. The van der Waals surface area contributed by atoms with Crippen LogP contribution >= 0.6 is 27.5 Å². The van der Waals surface area contributed by atoms with Gasteiger partial charge in [-0.25, -0.2) is 4.39 Å². The van der Waals surface area contributed by atoms with Gasteiger partial charge >= 0.3 is 0 Å². The van der Waals surface area contributed by atoms with Crippen molar-refractivity contribution in [2.45, 2.75) is 20.1 Å². The fourth-order valence-corrected chi connectivity index (χ4v) is 3.25. The number of anilines is 1. The zero-order valence-corrected chi connectivity index (χ0v) is 16.6. The highest BCUT2D eigenvalue weighted by molar-refractivity contribution is 9.10. The number of rotatable bonds is 6. The summed E-state index contributed by atoms with van der Waals surface area (Å²) in [4.78, 5) is 0. The van der Waals surface area contributed by atoms with Crippen LogP contribution in [-0.2, 0) is 13.2 Å². The Hall–Kier alpha value is -2.04. The molecule has 0 saturated heterocycles.